The summed E-state index contributed by atoms with van der Waals surface area (Å²) in [5.41, 5.74) is 1.38. The Labute approximate surface area is 137 Å². The summed E-state index contributed by atoms with van der Waals surface area (Å²) in [7, 11) is 3.93. The van der Waals surface area contributed by atoms with E-state index in [2.05, 4.69) is 15.3 Å². The number of para-hydroxylation sites is 1. The van der Waals surface area contributed by atoms with Crippen LogP contribution in [-0.2, 0) is 0 Å². The van der Waals surface area contributed by atoms with Gasteiger partial charge in [0.05, 0.1) is 0 Å². The van der Waals surface area contributed by atoms with E-state index < -0.39 is 0 Å². The van der Waals surface area contributed by atoms with Gasteiger partial charge in [0.25, 0.3) is 5.91 Å². The second-order valence-corrected chi connectivity index (χ2v) is 5.38. The maximum absolute atomic E-state index is 12.2. The van der Waals surface area contributed by atoms with Gasteiger partial charge in [0.1, 0.15) is 5.69 Å². The van der Waals surface area contributed by atoms with E-state index in [1.54, 1.807) is 12.3 Å². The molecule has 2 aromatic rings. The molecule has 0 radical (unpaired) electrons. The fourth-order valence-corrected chi connectivity index (χ4v) is 2.14. The van der Waals surface area contributed by atoms with Gasteiger partial charge in [-0.1, -0.05) is 18.2 Å². The number of anilines is 2. The Morgan fingerprint density at radius 3 is 2.57 bits per heavy atom. The fraction of sp³-hybridized carbons (Fsp3) is 0.353. The van der Waals surface area contributed by atoms with Gasteiger partial charge in [-0.15, -0.1) is 0 Å². The number of nitrogens with zero attached hydrogens (tertiary/aromatic N) is 4. The van der Waals surface area contributed by atoms with Crippen molar-refractivity contribution in [2.75, 3.05) is 38.6 Å². The predicted octanol–water partition coefficient (Wildman–Crippen LogP) is 1.93. The summed E-state index contributed by atoms with van der Waals surface area (Å²) in [6, 6.07) is 11.5. The number of hydrogen-bond acceptors (Lipinski definition) is 5. The van der Waals surface area contributed by atoms with Gasteiger partial charge in [0.2, 0.25) is 5.95 Å². The molecular weight excluding hydrogens is 290 g/mol. The molecule has 0 aliphatic carbocycles. The minimum Gasteiger partial charge on any atom is -0.349 e. The first-order valence-corrected chi connectivity index (χ1v) is 7.70. The second-order valence-electron chi connectivity index (χ2n) is 5.38. The van der Waals surface area contributed by atoms with Gasteiger partial charge in [-0.3, -0.25) is 4.79 Å². The van der Waals surface area contributed by atoms with Crippen LogP contribution in [0.15, 0.2) is 42.6 Å². The summed E-state index contributed by atoms with van der Waals surface area (Å²) in [6.45, 7) is 4.12. The monoisotopic (exact) mass is 313 g/mol. The van der Waals surface area contributed by atoms with Crippen molar-refractivity contribution < 1.29 is 4.79 Å². The lowest BCUT2D eigenvalue weighted by Crippen LogP contribution is -2.32. The molecule has 0 spiro atoms. The van der Waals surface area contributed by atoms with Crippen molar-refractivity contribution in [1.82, 2.24) is 20.2 Å². The molecule has 0 aliphatic heterocycles. The molecule has 6 heteroatoms. The third kappa shape index (κ3) is 4.75. The van der Waals surface area contributed by atoms with Crippen LogP contribution in [0.25, 0.3) is 0 Å². The lowest BCUT2D eigenvalue weighted by molar-refractivity contribution is 0.0946. The second kappa shape index (κ2) is 8.24. The van der Waals surface area contributed by atoms with E-state index in [1.165, 1.54) is 0 Å². The third-order valence-corrected chi connectivity index (χ3v) is 3.35. The van der Waals surface area contributed by atoms with Crippen LogP contribution in [0.4, 0.5) is 11.6 Å². The van der Waals surface area contributed by atoms with Crippen molar-refractivity contribution in [2.24, 2.45) is 0 Å². The molecule has 1 heterocycles. The maximum atomic E-state index is 12.2. The van der Waals surface area contributed by atoms with E-state index in [1.807, 2.05) is 61.2 Å². The number of benzene rings is 1. The molecule has 1 aromatic heterocycles. The normalized spacial score (nSPS) is 10.6. The Kier molecular flexibility index (Phi) is 6.05. The minimum atomic E-state index is -0.181. The highest BCUT2D eigenvalue weighted by Crippen LogP contribution is 2.20. The van der Waals surface area contributed by atoms with E-state index in [0.29, 0.717) is 18.2 Å². The average molecular weight is 313 g/mol. The van der Waals surface area contributed by atoms with E-state index in [0.717, 1.165) is 18.8 Å². The Morgan fingerprint density at radius 1 is 1.17 bits per heavy atom. The van der Waals surface area contributed by atoms with Gasteiger partial charge >= 0.3 is 0 Å². The molecule has 0 bridgehead atoms. The minimum absolute atomic E-state index is 0.181. The smallest absolute Gasteiger partial charge is 0.270 e. The van der Waals surface area contributed by atoms with Gasteiger partial charge in [-0.05, 0) is 39.2 Å². The summed E-state index contributed by atoms with van der Waals surface area (Å²) in [4.78, 5) is 24.9. The van der Waals surface area contributed by atoms with Crippen LogP contribution in [0.5, 0.6) is 0 Å². The molecule has 2 rings (SSSR count). The lowest BCUT2D eigenvalue weighted by Gasteiger charge is -2.21. The Morgan fingerprint density at radius 2 is 1.91 bits per heavy atom. The number of rotatable bonds is 7. The van der Waals surface area contributed by atoms with Gasteiger partial charge in [-0.2, -0.15) is 0 Å². The Bertz CT molecular complexity index is 630. The highest BCUT2D eigenvalue weighted by molar-refractivity contribution is 5.92. The molecule has 0 saturated carbocycles. The molecule has 122 valence electrons. The van der Waals surface area contributed by atoms with Gasteiger partial charge in [0, 0.05) is 31.5 Å². The topological polar surface area (TPSA) is 61.4 Å². The number of amides is 1. The summed E-state index contributed by atoms with van der Waals surface area (Å²) in [5.74, 6) is 0.346. The van der Waals surface area contributed by atoms with E-state index in [4.69, 9.17) is 0 Å². The zero-order valence-corrected chi connectivity index (χ0v) is 13.9. The van der Waals surface area contributed by atoms with Crippen molar-refractivity contribution in [2.45, 2.75) is 6.92 Å². The van der Waals surface area contributed by atoms with Crippen molar-refractivity contribution in [3.8, 4) is 0 Å². The van der Waals surface area contributed by atoms with Crippen LogP contribution in [0.2, 0.25) is 0 Å². The Hall–Kier alpha value is -2.47. The molecule has 1 N–H and O–H groups in total. The molecule has 6 nitrogen and oxygen atoms in total. The van der Waals surface area contributed by atoms with Crippen LogP contribution in [0, 0.1) is 0 Å². The zero-order valence-electron chi connectivity index (χ0n) is 13.9. The van der Waals surface area contributed by atoms with Crippen LogP contribution in [0.3, 0.4) is 0 Å². The maximum Gasteiger partial charge on any atom is 0.270 e. The molecule has 0 fully saturated rings. The highest BCUT2D eigenvalue weighted by atomic mass is 16.1. The van der Waals surface area contributed by atoms with Gasteiger partial charge < -0.3 is 15.1 Å². The van der Waals surface area contributed by atoms with E-state index in [9.17, 15) is 4.79 Å². The lowest BCUT2D eigenvalue weighted by atomic mass is 10.3. The number of aromatic nitrogens is 2. The highest BCUT2D eigenvalue weighted by Gasteiger charge is 2.13. The fourth-order valence-electron chi connectivity index (χ4n) is 2.14. The number of carbonyl (C=O) groups excluding carboxylic acids is 1. The molecule has 0 atom stereocenters. The standard InChI is InChI=1S/C17H23N5O/c1-4-22(14-8-6-5-7-9-14)17-19-11-10-15(20-17)16(23)18-12-13-21(2)3/h5-11H,4,12-13H2,1-3H3,(H,18,23). The summed E-state index contributed by atoms with van der Waals surface area (Å²) in [5, 5.41) is 2.86. The molecular formula is C17H23N5O. The van der Waals surface area contributed by atoms with Gasteiger partial charge in [0.15, 0.2) is 0 Å². The summed E-state index contributed by atoms with van der Waals surface area (Å²) in [6.07, 6.45) is 1.62. The van der Waals surface area contributed by atoms with Gasteiger partial charge in [-0.25, -0.2) is 9.97 Å². The number of carbonyl (C=O) groups is 1. The average Bonchev–Trinajstić information content (AvgIpc) is 2.56. The van der Waals surface area contributed by atoms with Crippen LogP contribution < -0.4 is 10.2 Å². The first-order chi connectivity index (χ1) is 11.1. The molecule has 23 heavy (non-hydrogen) atoms. The molecule has 0 unspecified atom stereocenters. The predicted molar refractivity (Wildman–Crippen MR) is 92.0 cm³/mol. The summed E-state index contributed by atoms with van der Waals surface area (Å²) < 4.78 is 0. The molecule has 0 saturated heterocycles. The van der Waals surface area contributed by atoms with Crippen LogP contribution in [-0.4, -0.2) is 54.5 Å². The summed E-state index contributed by atoms with van der Waals surface area (Å²) >= 11 is 0. The van der Waals surface area contributed by atoms with Crippen molar-refractivity contribution >= 4 is 17.5 Å². The van der Waals surface area contributed by atoms with E-state index >= 15 is 0 Å². The van der Waals surface area contributed by atoms with Crippen molar-refractivity contribution in [3.05, 3.63) is 48.3 Å². The largest absolute Gasteiger partial charge is 0.349 e. The van der Waals surface area contributed by atoms with Crippen molar-refractivity contribution in [1.29, 1.82) is 0 Å². The molecule has 1 aromatic carbocycles. The van der Waals surface area contributed by atoms with Crippen LogP contribution in [0.1, 0.15) is 17.4 Å². The third-order valence-electron chi connectivity index (χ3n) is 3.35. The SMILES string of the molecule is CCN(c1ccccc1)c1nccc(C(=O)NCCN(C)C)n1. The number of likely N-dealkylation sites (N-methyl/N-ethyl adjacent to an activating group) is 1. The van der Waals surface area contributed by atoms with Crippen LogP contribution >= 0.6 is 0 Å². The zero-order chi connectivity index (χ0) is 16.7. The Balaban J connectivity index is 2.13. The van der Waals surface area contributed by atoms with E-state index in [-0.39, 0.29) is 5.91 Å². The number of hydrogen-bond donors (Lipinski definition) is 1. The molecule has 0 aliphatic rings. The molecule has 1 amide bonds. The van der Waals surface area contributed by atoms with Crippen molar-refractivity contribution in [3.63, 3.8) is 0 Å². The number of nitrogens with one attached hydrogen (secondary N) is 1. The quantitative estimate of drug-likeness (QED) is 0.846. The first kappa shape index (κ1) is 16.9. The first-order valence-electron chi connectivity index (χ1n) is 7.70.